The Morgan fingerprint density at radius 2 is 2.06 bits per heavy atom. The van der Waals surface area contributed by atoms with Crippen LogP contribution in [-0.2, 0) is 12.8 Å². The highest BCUT2D eigenvalue weighted by Crippen LogP contribution is 2.30. The SMILES string of the molecule is c1cc2c(c(OC3CCCNC3)c1)CCCC2. The van der Waals surface area contributed by atoms with Crippen molar-refractivity contribution in [3.8, 4) is 5.75 Å². The number of fused-ring (bicyclic) bond motifs is 1. The van der Waals surface area contributed by atoms with Crippen molar-refractivity contribution >= 4 is 0 Å². The molecule has 0 aromatic heterocycles. The molecule has 1 N–H and O–H groups in total. The molecule has 1 saturated heterocycles. The predicted octanol–water partition coefficient (Wildman–Crippen LogP) is 2.70. The van der Waals surface area contributed by atoms with Gasteiger partial charge in [-0.05, 0) is 62.3 Å². The van der Waals surface area contributed by atoms with Crippen molar-refractivity contribution in [3.63, 3.8) is 0 Å². The van der Waals surface area contributed by atoms with Crippen LogP contribution in [0.2, 0.25) is 0 Å². The summed E-state index contributed by atoms with van der Waals surface area (Å²) in [6, 6.07) is 6.56. The van der Waals surface area contributed by atoms with Crippen LogP contribution in [0.1, 0.15) is 36.8 Å². The van der Waals surface area contributed by atoms with Crippen LogP contribution in [-0.4, -0.2) is 19.2 Å². The van der Waals surface area contributed by atoms with E-state index < -0.39 is 0 Å². The summed E-state index contributed by atoms with van der Waals surface area (Å²) in [6.07, 6.45) is 7.88. The van der Waals surface area contributed by atoms with E-state index in [0.717, 1.165) is 18.8 Å². The Bertz CT molecular complexity index is 383. The molecule has 92 valence electrons. The van der Waals surface area contributed by atoms with Crippen LogP contribution in [0.4, 0.5) is 0 Å². The van der Waals surface area contributed by atoms with Crippen LogP contribution in [0.5, 0.6) is 5.75 Å². The number of piperidine rings is 1. The molecule has 1 aromatic rings. The molecule has 1 unspecified atom stereocenters. The molecule has 0 saturated carbocycles. The van der Waals surface area contributed by atoms with Gasteiger partial charge in [0.2, 0.25) is 0 Å². The first kappa shape index (κ1) is 11.1. The molecule has 2 aliphatic rings. The maximum Gasteiger partial charge on any atom is 0.123 e. The third-order valence-corrected chi connectivity index (χ3v) is 3.90. The number of hydrogen-bond donors (Lipinski definition) is 1. The highest BCUT2D eigenvalue weighted by Gasteiger charge is 2.18. The average Bonchev–Trinajstić information content (AvgIpc) is 2.40. The molecule has 1 fully saturated rings. The summed E-state index contributed by atoms with van der Waals surface area (Å²) in [6.45, 7) is 2.15. The maximum absolute atomic E-state index is 6.19. The van der Waals surface area contributed by atoms with E-state index in [0.29, 0.717) is 6.10 Å². The summed E-state index contributed by atoms with van der Waals surface area (Å²) >= 11 is 0. The lowest BCUT2D eigenvalue weighted by Crippen LogP contribution is -2.37. The second kappa shape index (κ2) is 5.09. The second-order valence-electron chi connectivity index (χ2n) is 5.19. The third kappa shape index (κ3) is 2.47. The van der Waals surface area contributed by atoms with Gasteiger partial charge in [0.25, 0.3) is 0 Å². The van der Waals surface area contributed by atoms with Crippen molar-refractivity contribution in [2.45, 2.75) is 44.6 Å². The van der Waals surface area contributed by atoms with E-state index in [1.807, 2.05) is 0 Å². The molecule has 2 heteroatoms. The minimum atomic E-state index is 0.372. The monoisotopic (exact) mass is 231 g/mol. The van der Waals surface area contributed by atoms with Crippen LogP contribution in [0.15, 0.2) is 18.2 Å². The Balaban J connectivity index is 1.77. The van der Waals surface area contributed by atoms with Crippen LogP contribution < -0.4 is 10.1 Å². The fraction of sp³-hybridized carbons (Fsp3) is 0.600. The fourth-order valence-corrected chi connectivity index (χ4v) is 2.96. The summed E-state index contributed by atoms with van der Waals surface area (Å²) in [5.74, 6) is 1.15. The van der Waals surface area contributed by atoms with Crippen LogP contribution in [0.25, 0.3) is 0 Å². The Hall–Kier alpha value is -1.02. The highest BCUT2D eigenvalue weighted by atomic mass is 16.5. The van der Waals surface area contributed by atoms with Crippen molar-refractivity contribution in [2.75, 3.05) is 13.1 Å². The zero-order valence-electron chi connectivity index (χ0n) is 10.4. The van der Waals surface area contributed by atoms with Crippen molar-refractivity contribution in [1.29, 1.82) is 0 Å². The Labute approximate surface area is 103 Å². The van der Waals surface area contributed by atoms with E-state index in [1.54, 1.807) is 0 Å². The molecule has 2 nitrogen and oxygen atoms in total. The number of ether oxygens (including phenoxy) is 1. The molecule has 1 atom stereocenters. The summed E-state index contributed by atoms with van der Waals surface area (Å²) in [4.78, 5) is 0. The van der Waals surface area contributed by atoms with Gasteiger partial charge in [0.15, 0.2) is 0 Å². The number of nitrogens with one attached hydrogen (secondary N) is 1. The van der Waals surface area contributed by atoms with Gasteiger partial charge in [-0.1, -0.05) is 12.1 Å². The standard InChI is InChI=1S/C15H21NO/c1-2-8-14-12(5-1)6-3-9-15(14)17-13-7-4-10-16-11-13/h3,6,9,13,16H,1-2,4-5,7-8,10-11H2. The van der Waals surface area contributed by atoms with Gasteiger partial charge in [-0.15, -0.1) is 0 Å². The van der Waals surface area contributed by atoms with E-state index in [9.17, 15) is 0 Å². The fourth-order valence-electron chi connectivity index (χ4n) is 2.96. The summed E-state index contributed by atoms with van der Waals surface area (Å²) in [7, 11) is 0. The lowest BCUT2D eigenvalue weighted by atomic mass is 9.91. The lowest BCUT2D eigenvalue weighted by molar-refractivity contribution is 0.165. The van der Waals surface area contributed by atoms with Gasteiger partial charge in [-0.25, -0.2) is 0 Å². The molecule has 17 heavy (non-hydrogen) atoms. The van der Waals surface area contributed by atoms with E-state index >= 15 is 0 Å². The van der Waals surface area contributed by atoms with Gasteiger partial charge in [0, 0.05) is 6.54 Å². The van der Waals surface area contributed by atoms with Crippen molar-refractivity contribution in [1.82, 2.24) is 5.32 Å². The van der Waals surface area contributed by atoms with Crippen molar-refractivity contribution < 1.29 is 4.74 Å². The van der Waals surface area contributed by atoms with E-state index in [1.165, 1.54) is 49.7 Å². The van der Waals surface area contributed by atoms with Gasteiger partial charge in [0.1, 0.15) is 11.9 Å². The number of benzene rings is 1. The van der Waals surface area contributed by atoms with Crippen LogP contribution in [0, 0.1) is 0 Å². The molecule has 1 aromatic carbocycles. The zero-order chi connectivity index (χ0) is 11.5. The van der Waals surface area contributed by atoms with E-state index in [2.05, 4.69) is 23.5 Å². The van der Waals surface area contributed by atoms with Crippen LogP contribution in [0.3, 0.4) is 0 Å². The second-order valence-corrected chi connectivity index (χ2v) is 5.19. The number of hydrogen-bond acceptors (Lipinski definition) is 2. The predicted molar refractivity (Wildman–Crippen MR) is 69.6 cm³/mol. The molecule has 0 amide bonds. The summed E-state index contributed by atoms with van der Waals surface area (Å²) in [5.41, 5.74) is 2.99. The first-order valence-corrected chi connectivity index (χ1v) is 6.91. The van der Waals surface area contributed by atoms with Gasteiger partial charge < -0.3 is 10.1 Å². The first-order valence-electron chi connectivity index (χ1n) is 6.91. The Kier molecular flexibility index (Phi) is 3.32. The molecular weight excluding hydrogens is 210 g/mol. The summed E-state index contributed by atoms with van der Waals surface area (Å²) < 4.78 is 6.19. The molecule has 1 aliphatic heterocycles. The number of aryl methyl sites for hydroxylation is 1. The third-order valence-electron chi connectivity index (χ3n) is 3.90. The van der Waals surface area contributed by atoms with E-state index in [4.69, 9.17) is 4.74 Å². The molecule has 0 spiro atoms. The van der Waals surface area contributed by atoms with E-state index in [-0.39, 0.29) is 0 Å². The lowest BCUT2D eigenvalue weighted by Gasteiger charge is -2.27. The van der Waals surface area contributed by atoms with Gasteiger partial charge in [-0.2, -0.15) is 0 Å². The quantitative estimate of drug-likeness (QED) is 0.845. The van der Waals surface area contributed by atoms with Crippen molar-refractivity contribution in [3.05, 3.63) is 29.3 Å². The smallest absolute Gasteiger partial charge is 0.123 e. The highest BCUT2D eigenvalue weighted by molar-refractivity contribution is 5.41. The minimum absolute atomic E-state index is 0.372. The number of rotatable bonds is 2. The van der Waals surface area contributed by atoms with Gasteiger partial charge >= 0.3 is 0 Å². The Morgan fingerprint density at radius 1 is 1.12 bits per heavy atom. The molecule has 0 radical (unpaired) electrons. The Morgan fingerprint density at radius 3 is 2.94 bits per heavy atom. The molecule has 0 bridgehead atoms. The van der Waals surface area contributed by atoms with Crippen LogP contribution >= 0.6 is 0 Å². The molecule has 1 heterocycles. The normalized spacial score (nSPS) is 24.1. The molecule has 3 rings (SSSR count). The average molecular weight is 231 g/mol. The maximum atomic E-state index is 6.19. The summed E-state index contributed by atoms with van der Waals surface area (Å²) in [5, 5.41) is 3.41. The van der Waals surface area contributed by atoms with Crippen molar-refractivity contribution in [2.24, 2.45) is 0 Å². The minimum Gasteiger partial charge on any atom is -0.489 e. The molecule has 1 aliphatic carbocycles. The van der Waals surface area contributed by atoms with Gasteiger partial charge in [-0.3, -0.25) is 0 Å². The van der Waals surface area contributed by atoms with Gasteiger partial charge in [0.05, 0.1) is 0 Å². The largest absolute Gasteiger partial charge is 0.489 e. The zero-order valence-corrected chi connectivity index (χ0v) is 10.4. The topological polar surface area (TPSA) is 21.3 Å². The molecular formula is C15H21NO. The first-order chi connectivity index (χ1) is 8.43.